The third-order valence-corrected chi connectivity index (χ3v) is 2.70. The monoisotopic (exact) mass is 251 g/mol. The molecule has 6 heteroatoms. The number of alkyl carbamates (subject to hydrolysis) is 1. The van der Waals surface area contributed by atoms with Crippen molar-refractivity contribution in [2.24, 2.45) is 0 Å². The molecule has 0 saturated heterocycles. The normalized spacial score (nSPS) is 23.5. The fraction of sp³-hybridized carbons (Fsp3) is 0.909. The second-order valence-corrected chi connectivity index (χ2v) is 5.67. The van der Waals surface area contributed by atoms with E-state index in [1.807, 2.05) is 0 Å². The number of amides is 1. The van der Waals surface area contributed by atoms with Crippen molar-refractivity contribution in [2.75, 3.05) is 0 Å². The lowest BCUT2D eigenvalue weighted by Gasteiger charge is -2.49. The highest BCUT2D eigenvalue weighted by Gasteiger charge is 2.60. The molecule has 2 N–H and O–H groups in total. The van der Waals surface area contributed by atoms with E-state index in [0.29, 0.717) is 0 Å². The number of rotatable bonds is 2. The van der Waals surface area contributed by atoms with Gasteiger partial charge in [-0.3, -0.25) is 0 Å². The zero-order valence-electron chi connectivity index (χ0n) is 10.5. The SMILES string of the molecule is CC(O)C1(NC(=O)OC(C)(C)C)CC(F)(F)C1. The first-order valence-corrected chi connectivity index (χ1v) is 5.53. The van der Waals surface area contributed by atoms with Crippen LogP contribution in [0.2, 0.25) is 0 Å². The van der Waals surface area contributed by atoms with Gasteiger partial charge in [-0.15, -0.1) is 0 Å². The Balaban J connectivity index is 2.62. The molecule has 1 aliphatic carbocycles. The molecule has 0 aromatic rings. The molecule has 0 aromatic heterocycles. The molecule has 0 radical (unpaired) electrons. The van der Waals surface area contributed by atoms with Gasteiger partial charge >= 0.3 is 6.09 Å². The molecule has 0 spiro atoms. The van der Waals surface area contributed by atoms with Gasteiger partial charge < -0.3 is 15.2 Å². The molecule has 1 aliphatic rings. The highest BCUT2D eigenvalue weighted by Crippen LogP contribution is 2.47. The van der Waals surface area contributed by atoms with Crippen molar-refractivity contribution in [3.05, 3.63) is 0 Å². The number of nitrogens with one attached hydrogen (secondary N) is 1. The first kappa shape index (κ1) is 14.2. The van der Waals surface area contributed by atoms with Gasteiger partial charge in [-0.05, 0) is 27.7 Å². The Hall–Kier alpha value is -0.910. The van der Waals surface area contributed by atoms with Crippen LogP contribution in [0.15, 0.2) is 0 Å². The number of aliphatic hydroxyl groups excluding tert-OH is 1. The summed E-state index contributed by atoms with van der Waals surface area (Å²) in [6, 6.07) is 0. The number of ether oxygens (including phenoxy) is 1. The summed E-state index contributed by atoms with van der Waals surface area (Å²) in [6.45, 7) is 6.41. The summed E-state index contributed by atoms with van der Waals surface area (Å²) >= 11 is 0. The molecule has 1 amide bonds. The van der Waals surface area contributed by atoms with Crippen LogP contribution in [0, 0.1) is 0 Å². The Kier molecular flexibility index (Phi) is 3.40. The van der Waals surface area contributed by atoms with Gasteiger partial charge in [0.1, 0.15) is 5.60 Å². The van der Waals surface area contributed by atoms with Crippen LogP contribution in [0.3, 0.4) is 0 Å². The Morgan fingerprint density at radius 3 is 2.18 bits per heavy atom. The Morgan fingerprint density at radius 2 is 1.88 bits per heavy atom. The number of halogens is 2. The Labute approximate surface area is 99.3 Å². The highest BCUT2D eigenvalue weighted by molar-refractivity contribution is 5.69. The molecule has 1 fully saturated rings. The van der Waals surface area contributed by atoms with Gasteiger partial charge in [0.15, 0.2) is 0 Å². The highest BCUT2D eigenvalue weighted by atomic mass is 19.3. The molecule has 100 valence electrons. The van der Waals surface area contributed by atoms with Gasteiger partial charge in [-0.25, -0.2) is 13.6 Å². The maximum absolute atomic E-state index is 12.9. The van der Waals surface area contributed by atoms with Gasteiger partial charge in [0.2, 0.25) is 0 Å². The molecule has 0 aliphatic heterocycles. The molecule has 0 aromatic carbocycles. The van der Waals surface area contributed by atoms with Gasteiger partial charge in [-0.1, -0.05) is 0 Å². The molecule has 1 unspecified atom stereocenters. The number of hydrogen-bond donors (Lipinski definition) is 2. The van der Waals surface area contributed by atoms with E-state index in [-0.39, 0.29) is 0 Å². The number of aliphatic hydroxyl groups is 1. The smallest absolute Gasteiger partial charge is 0.408 e. The number of carbonyl (C=O) groups is 1. The topological polar surface area (TPSA) is 58.6 Å². The van der Waals surface area contributed by atoms with E-state index in [4.69, 9.17) is 4.74 Å². The lowest BCUT2D eigenvalue weighted by atomic mass is 9.70. The largest absolute Gasteiger partial charge is 0.444 e. The van der Waals surface area contributed by atoms with Crippen LogP contribution in [0.25, 0.3) is 0 Å². The fourth-order valence-electron chi connectivity index (χ4n) is 1.87. The van der Waals surface area contributed by atoms with Crippen molar-refractivity contribution in [1.29, 1.82) is 0 Å². The van der Waals surface area contributed by atoms with Gasteiger partial charge in [-0.2, -0.15) is 0 Å². The third kappa shape index (κ3) is 3.52. The second kappa shape index (κ2) is 4.08. The summed E-state index contributed by atoms with van der Waals surface area (Å²) in [7, 11) is 0. The summed E-state index contributed by atoms with van der Waals surface area (Å²) in [4.78, 5) is 11.5. The average Bonchev–Trinajstić information content (AvgIpc) is 1.94. The fourth-order valence-corrected chi connectivity index (χ4v) is 1.87. The van der Waals surface area contributed by atoms with Crippen LogP contribution in [0.4, 0.5) is 13.6 Å². The van der Waals surface area contributed by atoms with E-state index in [1.165, 1.54) is 6.92 Å². The quantitative estimate of drug-likeness (QED) is 0.789. The minimum Gasteiger partial charge on any atom is -0.444 e. The van der Waals surface area contributed by atoms with Crippen LogP contribution < -0.4 is 5.32 Å². The van der Waals surface area contributed by atoms with E-state index in [0.717, 1.165) is 0 Å². The molecule has 17 heavy (non-hydrogen) atoms. The predicted molar refractivity (Wildman–Crippen MR) is 58.0 cm³/mol. The van der Waals surface area contributed by atoms with Crippen molar-refractivity contribution in [2.45, 2.75) is 63.7 Å². The third-order valence-electron chi connectivity index (χ3n) is 2.70. The number of carbonyl (C=O) groups excluding carboxylic acids is 1. The molecular formula is C11H19F2NO3. The second-order valence-electron chi connectivity index (χ2n) is 5.67. The molecule has 1 atom stereocenters. The van der Waals surface area contributed by atoms with Crippen molar-refractivity contribution in [1.82, 2.24) is 5.32 Å². The van der Waals surface area contributed by atoms with Crippen molar-refractivity contribution in [3.8, 4) is 0 Å². The van der Waals surface area contributed by atoms with E-state index < -0.39 is 42.1 Å². The first-order chi connectivity index (χ1) is 7.46. The van der Waals surface area contributed by atoms with Gasteiger partial charge in [0.25, 0.3) is 5.92 Å². The summed E-state index contributed by atoms with van der Waals surface area (Å²) in [5.74, 6) is -2.83. The lowest BCUT2D eigenvalue weighted by molar-refractivity contribution is -0.163. The summed E-state index contributed by atoms with van der Waals surface area (Å²) in [5.41, 5.74) is -1.97. The lowest BCUT2D eigenvalue weighted by Crippen LogP contribution is -2.67. The molecular weight excluding hydrogens is 232 g/mol. The van der Waals surface area contributed by atoms with Crippen molar-refractivity contribution < 1.29 is 23.4 Å². The van der Waals surface area contributed by atoms with E-state index in [9.17, 15) is 18.7 Å². The Bertz CT molecular complexity index is 302. The average molecular weight is 251 g/mol. The molecule has 1 saturated carbocycles. The van der Waals surface area contributed by atoms with Gasteiger partial charge in [0, 0.05) is 12.8 Å². The maximum atomic E-state index is 12.9. The summed E-state index contributed by atoms with van der Waals surface area (Å²) < 4.78 is 30.7. The minimum absolute atomic E-state index is 0.559. The van der Waals surface area contributed by atoms with E-state index in [1.54, 1.807) is 20.8 Å². The van der Waals surface area contributed by atoms with E-state index in [2.05, 4.69) is 5.32 Å². The summed E-state index contributed by atoms with van der Waals surface area (Å²) in [5, 5.41) is 11.8. The zero-order chi connectivity index (χ0) is 13.5. The van der Waals surface area contributed by atoms with Crippen LogP contribution in [0.5, 0.6) is 0 Å². The standard InChI is InChI=1S/C11H19F2NO3/c1-7(15)10(5-11(12,13)6-10)14-8(16)17-9(2,3)4/h7,15H,5-6H2,1-4H3,(H,14,16). The number of hydrogen-bond acceptors (Lipinski definition) is 3. The molecule has 0 heterocycles. The Morgan fingerprint density at radius 1 is 1.41 bits per heavy atom. The minimum atomic E-state index is -2.83. The van der Waals surface area contributed by atoms with Crippen molar-refractivity contribution >= 4 is 6.09 Å². The summed E-state index contributed by atoms with van der Waals surface area (Å²) in [6.07, 6.45) is -2.95. The first-order valence-electron chi connectivity index (χ1n) is 5.53. The van der Waals surface area contributed by atoms with Crippen LogP contribution in [-0.4, -0.2) is 34.4 Å². The van der Waals surface area contributed by atoms with Crippen LogP contribution in [0.1, 0.15) is 40.5 Å². The van der Waals surface area contributed by atoms with Crippen LogP contribution in [-0.2, 0) is 4.74 Å². The molecule has 1 rings (SSSR count). The number of alkyl halides is 2. The molecule has 4 nitrogen and oxygen atoms in total. The molecule has 0 bridgehead atoms. The van der Waals surface area contributed by atoms with Gasteiger partial charge in [0.05, 0.1) is 11.6 Å². The zero-order valence-corrected chi connectivity index (χ0v) is 10.5. The van der Waals surface area contributed by atoms with E-state index >= 15 is 0 Å². The van der Waals surface area contributed by atoms with Crippen LogP contribution >= 0.6 is 0 Å². The predicted octanol–water partition coefficient (Wildman–Crippen LogP) is 2.06. The van der Waals surface area contributed by atoms with Crippen molar-refractivity contribution in [3.63, 3.8) is 0 Å². The maximum Gasteiger partial charge on any atom is 0.408 e.